The average Bonchev–Trinajstić information content (AvgIpc) is 2.28. The fourth-order valence-corrected chi connectivity index (χ4v) is 1.39. The lowest BCUT2D eigenvalue weighted by Crippen LogP contribution is -2.32. The molecule has 0 atom stereocenters. The maximum Gasteiger partial charge on any atom is 0.224 e. The first-order chi connectivity index (χ1) is 7.70. The summed E-state index contributed by atoms with van der Waals surface area (Å²) in [5.74, 6) is 0.632. The van der Waals surface area contributed by atoms with E-state index in [4.69, 9.17) is 14.6 Å². The predicted molar refractivity (Wildman–Crippen MR) is 58.0 cm³/mol. The third-order valence-corrected chi connectivity index (χ3v) is 2.33. The maximum atomic E-state index is 11.3. The van der Waals surface area contributed by atoms with E-state index in [9.17, 15) is 5.21 Å². The molecule has 0 amide bonds. The van der Waals surface area contributed by atoms with Gasteiger partial charge in [0.2, 0.25) is 5.69 Å². The predicted octanol–water partition coefficient (Wildman–Crippen LogP) is 0.536. The molecule has 0 aliphatic carbocycles. The summed E-state index contributed by atoms with van der Waals surface area (Å²) in [5, 5.41) is 20.3. The summed E-state index contributed by atoms with van der Waals surface area (Å²) in [6, 6.07) is 1.61. The Morgan fingerprint density at radius 2 is 2.19 bits per heavy atom. The lowest BCUT2D eigenvalue weighted by molar-refractivity contribution is -0.616. The van der Waals surface area contributed by atoms with Crippen LogP contribution in [0.15, 0.2) is 12.3 Å². The van der Waals surface area contributed by atoms with Crippen LogP contribution in [0.5, 0.6) is 5.75 Å². The van der Waals surface area contributed by atoms with Crippen molar-refractivity contribution in [2.24, 2.45) is 0 Å². The van der Waals surface area contributed by atoms with Crippen molar-refractivity contribution in [3.05, 3.63) is 28.7 Å². The summed E-state index contributed by atoms with van der Waals surface area (Å²) < 4.78 is 11.0. The number of hydrogen-bond acceptors (Lipinski definition) is 4. The number of ether oxygens (including phenoxy) is 2. The Morgan fingerprint density at radius 3 is 2.81 bits per heavy atom. The molecule has 0 saturated heterocycles. The van der Waals surface area contributed by atoms with Gasteiger partial charge in [0.25, 0.3) is 0 Å². The molecule has 0 saturated carbocycles. The largest absolute Gasteiger partial charge is 0.618 e. The smallest absolute Gasteiger partial charge is 0.224 e. The molecule has 1 rings (SSSR count). The molecule has 0 spiro atoms. The van der Waals surface area contributed by atoms with Crippen molar-refractivity contribution in [1.29, 1.82) is 0 Å². The molecule has 0 fully saturated rings. The van der Waals surface area contributed by atoms with Gasteiger partial charge in [-0.1, -0.05) is 0 Å². The van der Waals surface area contributed by atoms with Gasteiger partial charge < -0.3 is 19.8 Å². The molecule has 0 aromatic carbocycles. The Hall–Kier alpha value is -1.33. The van der Waals surface area contributed by atoms with Crippen molar-refractivity contribution in [3.8, 4) is 5.75 Å². The number of methoxy groups -OCH3 is 1. The normalized spacial score (nSPS) is 10.4. The van der Waals surface area contributed by atoms with Crippen LogP contribution in [0.3, 0.4) is 0 Å². The first-order valence-electron chi connectivity index (χ1n) is 5.15. The van der Waals surface area contributed by atoms with E-state index in [2.05, 4.69) is 0 Å². The number of aliphatic hydroxyl groups is 1. The SMILES string of the molecule is COCCCOc1cc[n+]([O-])c(CO)c1C. The van der Waals surface area contributed by atoms with Crippen LogP contribution >= 0.6 is 0 Å². The Bertz CT molecular complexity index is 341. The van der Waals surface area contributed by atoms with Crippen molar-refractivity contribution in [2.75, 3.05) is 20.3 Å². The third kappa shape index (κ3) is 3.08. The van der Waals surface area contributed by atoms with E-state index >= 15 is 0 Å². The Kier molecular flexibility index (Phi) is 5.01. The Balaban J connectivity index is 2.66. The van der Waals surface area contributed by atoms with Crippen molar-refractivity contribution in [3.63, 3.8) is 0 Å². The molecule has 5 heteroatoms. The number of hydrogen-bond donors (Lipinski definition) is 1. The highest BCUT2D eigenvalue weighted by Gasteiger charge is 2.13. The standard InChI is InChI=1S/C11H17NO4/c1-9-10(8-13)12(14)5-4-11(9)16-7-3-6-15-2/h4-5,13H,3,6-8H2,1-2H3. The highest BCUT2D eigenvalue weighted by Crippen LogP contribution is 2.18. The lowest BCUT2D eigenvalue weighted by Gasteiger charge is -2.11. The summed E-state index contributed by atoms with van der Waals surface area (Å²) in [6.07, 6.45) is 2.13. The van der Waals surface area contributed by atoms with Crippen molar-refractivity contribution < 1.29 is 19.3 Å². The van der Waals surface area contributed by atoms with Gasteiger partial charge >= 0.3 is 0 Å². The average molecular weight is 227 g/mol. The van der Waals surface area contributed by atoms with E-state index in [1.54, 1.807) is 20.1 Å². The van der Waals surface area contributed by atoms with Crippen LogP contribution in [-0.4, -0.2) is 25.4 Å². The molecular formula is C11H17NO4. The summed E-state index contributed by atoms with van der Waals surface area (Å²) in [4.78, 5) is 0. The second-order valence-electron chi connectivity index (χ2n) is 3.43. The van der Waals surface area contributed by atoms with Gasteiger partial charge in [-0.3, -0.25) is 0 Å². The minimum atomic E-state index is -0.287. The van der Waals surface area contributed by atoms with Crippen LogP contribution in [0.25, 0.3) is 0 Å². The molecule has 16 heavy (non-hydrogen) atoms. The van der Waals surface area contributed by atoms with Gasteiger partial charge in [-0.05, 0) is 6.92 Å². The van der Waals surface area contributed by atoms with Crippen LogP contribution in [0.2, 0.25) is 0 Å². The fraction of sp³-hybridized carbons (Fsp3) is 0.545. The monoisotopic (exact) mass is 227 g/mol. The van der Waals surface area contributed by atoms with E-state index in [0.717, 1.165) is 6.42 Å². The van der Waals surface area contributed by atoms with Crippen LogP contribution in [0.4, 0.5) is 0 Å². The van der Waals surface area contributed by atoms with Gasteiger partial charge in [-0.25, -0.2) is 0 Å². The summed E-state index contributed by atoms with van der Waals surface area (Å²) in [5.41, 5.74) is 1.00. The van der Waals surface area contributed by atoms with Gasteiger partial charge in [0, 0.05) is 26.2 Å². The molecule has 5 nitrogen and oxygen atoms in total. The van der Waals surface area contributed by atoms with Crippen LogP contribution < -0.4 is 9.47 Å². The third-order valence-electron chi connectivity index (χ3n) is 2.33. The molecule has 1 N–H and O–H groups in total. The molecule has 0 unspecified atom stereocenters. The van der Waals surface area contributed by atoms with Crippen molar-refractivity contribution >= 4 is 0 Å². The number of rotatable bonds is 6. The molecule has 1 heterocycles. The first kappa shape index (κ1) is 12.7. The zero-order valence-electron chi connectivity index (χ0n) is 9.60. The van der Waals surface area contributed by atoms with E-state index in [1.807, 2.05) is 0 Å². The zero-order chi connectivity index (χ0) is 12.0. The lowest BCUT2D eigenvalue weighted by atomic mass is 10.2. The zero-order valence-corrected chi connectivity index (χ0v) is 9.60. The van der Waals surface area contributed by atoms with Crippen LogP contribution in [0.1, 0.15) is 17.7 Å². The topological polar surface area (TPSA) is 65.6 Å². The highest BCUT2D eigenvalue weighted by molar-refractivity contribution is 5.31. The molecule has 90 valence electrons. The molecule has 1 aromatic rings. The Labute approximate surface area is 94.8 Å². The minimum Gasteiger partial charge on any atom is -0.618 e. The number of aliphatic hydroxyl groups excluding tert-OH is 1. The van der Waals surface area contributed by atoms with Crippen molar-refractivity contribution in [2.45, 2.75) is 20.0 Å². The summed E-state index contributed by atoms with van der Waals surface area (Å²) >= 11 is 0. The van der Waals surface area contributed by atoms with E-state index in [0.29, 0.717) is 35.0 Å². The molecule has 0 bridgehead atoms. The van der Waals surface area contributed by atoms with Gasteiger partial charge in [-0.2, -0.15) is 4.73 Å². The molecular weight excluding hydrogens is 210 g/mol. The van der Waals surface area contributed by atoms with Crippen LogP contribution in [-0.2, 0) is 11.3 Å². The Morgan fingerprint density at radius 1 is 1.44 bits per heavy atom. The molecule has 0 aliphatic rings. The number of pyridine rings is 1. The van der Waals surface area contributed by atoms with Crippen LogP contribution in [0, 0.1) is 12.1 Å². The maximum absolute atomic E-state index is 11.3. The van der Waals surface area contributed by atoms with E-state index < -0.39 is 0 Å². The minimum absolute atomic E-state index is 0.287. The van der Waals surface area contributed by atoms with Gasteiger partial charge in [0.1, 0.15) is 12.4 Å². The van der Waals surface area contributed by atoms with Gasteiger partial charge in [-0.15, -0.1) is 0 Å². The second kappa shape index (κ2) is 6.30. The number of aromatic nitrogens is 1. The van der Waals surface area contributed by atoms with Gasteiger partial charge in [0.15, 0.2) is 6.20 Å². The van der Waals surface area contributed by atoms with Crippen molar-refractivity contribution in [1.82, 2.24) is 0 Å². The molecule has 0 aliphatic heterocycles. The first-order valence-corrected chi connectivity index (χ1v) is 5.15. The van der Waals surface area contributed by atoms with E-state index in [1.165, 1.54) is 6.20 Å². The second-order valence-corrected chi connectivity index (χ2v) is 3.43. The molecule has 1 aromatic heterocycles. The van der Waals surface area contributed by atoms with Gasteiger partial charge in [0.05, 0.1) is 12.2 Å². The number of nitrogens with zero attached hydrogens (tertiary/aromatic N) is 1. The van der Waals surface area contributed by atoms with E-state index in [-0.39, 0.29) is 6.61 Å². The molecule has 0 radical (unpaired) electrons. The fourth-order valence-electron chi connectivity index (χ4n) is 1.39. The highest BCUT2D eigenvalue weighted by atomic mass is 16.5. The quantitative estimate of drug-likeness (QED) is 0.437. The summed E-state index contributed by atoms with van der Waals surface area (Å²) in [7, 11) is 1.64. The summed E-state index contributed by atoms with van der Waals surface area (Å²) in [6.45, 7) is 2.64.